The van der Waals surface area contributed by atoms with Crippen LogP contribution in [0.2, 0.25) is 0 Å². The van der Waals surface area contributed by atoms with Crippen molar-refractivity contribution in [3.63, 3.8) is 0 Å². The number of benzene rings is 1. The molecule has 0 aromatic heterocycles. The Kier molecular flexibility index (Phi) is 10.8. The predicted molar refractivity (Wildman–Crippen MR) is 127 cm³/mol. The summed E-state index contributed by atoms with van der Waals surface area (Å²) in [6.45, 7) is 10.8. The number of nitrogens with one attached hydrogen (secondary N) is 2. The van der Waals surface area contributed by atoms with Crippen molar-refractivity contribution in [1.82, 2.24) is 15.5 Å². The number of nitrogens with two attached hydrogens (primary N) is 1. The van der Waals surface area contributed by atoms with Gasteiger partial charge in [0.15, 0.2) is 12.6 Å². The minimum absolute atomic E-state index is 0.0236. The second-order valence-electron chi connectivity index (χ2n) is 9.01. The zero-order chi connectivity index (χ0) is 24.3. The molecule has 1 aromatic carbocycles. The summed E-state index contributed by atoms with van der Waals surface area (Å²) in [5.41, 5.74) is 5.57. The number of ether oxygens (including phenoxy) is 2. The molecule has 0 aliphatic carbocycles. The van der Waals surface area contributed by atoms with Gasteiger partial charge in [0.05, 0.1) is 0 Å². The van der Waals surface area contributed by atoms with Gasteiger partial charge in [0.25, 0.3) is 5.91 Å². The van der Waals surface area contributed by atoms with Gasteiger partial charge in [-0.25, -0.2) is 4.79 Å². The molecule has 0 saturated carbocycles. The lowest BCUT2D eigenvalue weighted by atomic mass is 10.0. The predicted octanol–water partition coefficient (Wildman–Crippen LogP) is 2.50. The van der Waals surface area contributed by atoms with E-state index in [1.165, 1.54) is 0 Å². The van der Waals surface area contributed by atoms with Crippen LogP contribution >= 0.6 is 0 Å². The van der Waals surface area contributed by atoms with Crippen molar-refractivity contribution >= 4 is 18.0 Å². The first-order valence-corrected chi connectivity index (χ1v) is 10.8. The fourth-order valence-corrected chi connectivity index (χ4v) is 2.94. The van der Waals surface area contributed by atoms with E-state index in [0.29, 0.717) is 18.8 Å². The minimum Gasteiger partial charge on any atom is -0.484 e. The Labute approximate surface area is 191 Å². The van der Waals surface area contributed by atoms with Crippen LogP contribution in [0, 0.1) is 5.92 Å². The van der Waals surface area contributed by atoms with Gasteiger partial charge >= 0.3 is 6.09 Å². The van der Waals surface area contributed by atoms with Gasteiger partial charge in [-0.3, -0.25) is 9.79 Å². The van der Waals surface area contributed by atoms with Gasteiger partial charge in [-0.05, 0) is 50.8 Å². The van der Waals surface area contributed by atoms with E-state index in [1.807, 2.05) is 50.9 Å². The smallest absolute Gasteiger partial charge is 0.407 e. The van der Waals surface area contributed by atoms with Crippen molar-refractivity contribution in [1.29, 1.82) is 0 Å². The first-order valence-electron chi connectivity index (χ1n) is 10.8. The van der Waals surface area contributed by atoms with Crippen LogP contribution in [-0.2, 0) is 16.1 Å². The summed E-state index contributed by atoms with van der Waals surface area (Å²) in [6.07, 6.45) is 0.338. The lowest BCUT2D eigenvalue weighted by Gasteiger charge is -2.28. The van der Waals surface area contributed by atoms with Crippen LogP contribution in [0.1, 0.15) is 46.6 Å². The van der Waals surface area contributed by atoms with Crippen LogP contribution in [-0.4, -0.2) is 61.7 Å². The molecule has 2 amide bonds. The van der Waals surface area contributed by atoms with Gasteiger partial charge in [-0.1, -0.05) is 26.0 Å². The van der Waals surface area contributed by atoms with E-state index >= 15 is 0 Å². The van der Waals surface area contributed by atoms with Gasteiger partial charge < -0.3 is 30.7 Å². The number of primary amides is 1. The Morgan fingerprint density at radius 3 is 2.50 bits per heavy atom. The van der Waals surface area contributed by atoms with Crippen LogP contribution in [0.5, 0.6) is 5.75 Å². The summed E-state index contributed by atoms with van der Waals surface area (Å²) in [5, 5.41) is 6.29. The molecule has 1 unspecified atom stereocenters. The van der Waals surface area contributed by atoms with Crippen LogP contribution in [0.15, 0.2) is 29.3 Å². The molecule has 9 nitrogen and oxygen atoms in total. The molecule has 32 heavy (non-hydrogen) atoms. The average Bonchev–Trinajstić information content (AvgIpc) is 2.68. The van der Waals surface area contributed by atoms with Gasteiger partial charge in [-0.15, -0.1) is 0 Å². The molecule has 0 aliphatic rings. The van der Waals surface area contributed by atoms with E-state index in [9.17, 15) is 9.59 Å². The molecule has 9 heteroatoms. The summed E-state index contributed by atoms with van der Waals surface area (Å²) in [6, 6.07) is 7.41. The van der Waals surface area contributed by atoms with Crippen molar-refractivity contribution in [3.8, 4) is 5.75 Å². The molecule has 0 spiro atoms. The molecule has 0 radical (unpaired) electrons. The summed E-state index contributed by atoms with van der Waals surface area (Å²) in [5.74, 6) is 1.05. The highest BCUT2D eigenvalue weighted by molar-refractivity contribution is 5.79. The van der Waals surface area contributed by atoms with Gasteiger partial charge in [0, 0.05) is 33.2 Å². The van der Waals surface area contributed by atoms with Crippen molar-refractivity contribution in [2.24, 2.45) is 16.6 Å². The van der Waals surface area contributed by atoms with Gasteiger partial charge in [0.2, 0.25) is 0 Å². The van der Waals surface area contributed by atoms with Crippen LogP contribution in [0.3, 0.4) is 0 Å². The Hall–Kier alpha value is -2.97. The quantitative estimate of drug-likeness (QED) is 0.373. The maximum atomic E-state index is 12.2. The average molecular weight is 450 g/mol. The van der Waals surface area contributed by atoms with Crippen molar-refractivity contribution < 1.29 is 19.1 Å². The fraction of sp³-hybridized carbons (Fsp3) is 0.609. The SMILES string of the molecule is CN=C(NCc1cccc(OCC(N)=O)c1)N(C)CCC(NC(=O)OC(C)(C)C)C(C)C. The second-order valence-corrected chi connectivity index (χ2v) is 9.01. The minimum atomic E-state index is -0.531. The van der Waals surface area contributed by atoms with Crippen LogP contribution in [0.4, 0.5) is 4.79 Å². The standard InChI is InChI=1S/C23H39N5O4/c1-16(2)19(27-22(30)32-23(3,4)5)11-12-28(7)21(25-6)26-14-17-9-8-10-18(13-17)31-15-20(24)29/h8-10,13,16,19H,11-12,14-15H2,1-7H3,(H2,24,29)(H,25,26)(H,27,30). The molecular formula is C23H39N5O4. The van der Waals surface area contributed by atoms with Crippen molar-refractivity contribution in [3.05, 3.63) is 29.8 Å². The van der Waals surface area contributed by atoms with Crippen molar-refractivity contribution in [2.75, 3.05) is 27.2 Å². The van der Waals surface area contributed by atoms with E-state index < -0.39 is 17.6 Å². The normalized spacial score (nSPS) is 12.8. The molecule has 1 rings (SSSR count). The van der Waals surface area contributed by atoms with E-state index in [1.54, 1.807) is 13.1 Å². The van der Waals surface area contributed by atoms with Gasteiger partial charge in [0.1, 0.15) is 11.4 Å². The van der Waals surface area contributed by atoms with E-state index in [-0.39, 0.29) is 18.6 Å². The molecule has 0 aliphatic heterocycles. The van der Waals surface area contributed by atoms with Crippen molar-refractivity contribution in [2.45, 2.75) is 59.2 Å². The molecule has 1 atom stereocenters. The maximum Gasteiger partial charge on any atom is 0.407 e. The number of hydrogen-bond donors (Lipinski definition) is 3. The third kappa shape index (κ3) is 10.9. The van der Waals surface area contributed by atoms with E-state index in [4.69, 9.17) is 15.2 Å². The number of carbonyl (C=O) groups excluding carboxylic acids is 2. The highest BCUT2D eigenvalue weighted by atomic mass is 16.6. The summed E-state index contributed by atoms with van der Waals surface area (Å²) < 4.78 is 10.7. The Morgan fingerprint density at radius 2 is 1.94 bits per heavy atom. The maximum absolute atomic E-state index is 12.2. The molecule has 0 fully saturated rings. The monoisotopic (exact) mass is 449 g/mol. The number of hydrogen-bond acceptors (Lipinski definition) is 5. The topological polar surface area (TPSA) is 118 Å². The molecule has 180 valence electrons. The summed E-state index contributed by atoms with van der Waals surface area (Å²) in [7, 11) is 3.68. The number of amides is 2. The van der Waals surface area contributed by atoms with Crippen LogP contribution in [0.25, 0.3) is 0 Å². The Bertz CT molecular complexity index is 774. The third-order valence-corrected chi connectivity index (χ3v) is 4.59. The molecular weight excluding hydrogens is 410 g/mol. The van der Waals surface area contributed by atoms with E-state index in [0.717, 1.165) is 17.9 Å². The Balaban J connectivity index is 2.61. The molecule has 0 heterocycles. The Morgan fingerprint density at radius 1 is 1.25 bits per heavy atom. The lowest BCUT2D eigenvalue weighted by molar-refractivity contribution is -0.119. The lowest BCUT2D eigenvalue weighted by Crippen LogP contribution is -2.45. The number of nitrogens with zero attached hydrogens (tertiary/aromatic N) is 2. The van der Waals surface area contributed by atoms with Crippen LogP contribution < -0.4 is 21.1 Å². The van der Waals surface area contributed by atoms with E-state index in [2.05, 4.69) is 29.5 Å². The second kappa shape index (κ2) is 12.8. The highest BCUT2D eigenvalue weighted by Gasteiger charge is 2.22. The molecule has 1 aromatic rings. The number of guanidine groups is 1. The number of rotatable bonds is 10. The zero-order valence-electron chi connectivity index (χ0n) is 20.4. The number of carbonyl (C=O) groups is 2. The highest BCUT2D eigenvalue weighted by Crippen LogP contribution is 2.14. The zero-order valence-corrected chi connectivity index (χ0v) is 20.4. The first kappa shape index (κ1) is 27.1. The van der Waals surface area contributed by atoms with Gasteiger partial charge in [-0.2, -0.15) is 0 Å². The summed E-state index contributed by atoms with van der Waals surface area (Å²) >= 11 is 0. The first-order chi connectivity index (χ1) is 14.9. The number of alkyl carbamates (subject to hydrolysis) is 1. The largest absolute Gasteiger partial charge is 0.484 e. The number of aliphatic imine (C=N–C) groups is 1. The third-order valence-electron chi connectivity index (χ3n) is 4.59. The summed E-state index contributed by atoms with van der Waals surface area (Å²) in [4.78, 5) is 29.4. The fourth-order valence-electron chi connectivity index (χ4n) is 2.94. The molecule has 0 bridgehead atoms. The molecule has 4 N–H and O–H groups in total. The molecule has 0 saturated heterocycles.